The van der Waals surface area contributed by atoms with Gasteiger partial charge in [-0.25, -0.2) is 0 Å². The predicted octanol–water partition coefficient (Wildman–Crippen LogP) is 2.45. The van der Waals surface area contributed by atoms with Crippen LogP contribution < -0.4 is 20.1 Å². The van der Waals surface area contributed by atoms with E-state index in [4.69, 9.17) is 9.47 Å². The Labute approximate surface area is 145 Å². The van der Waals surface area contributed by atoms with E-state index in [-0.39, 0.29) is 18.6 Å². The van der Waals surface area contributed by atoms with Gasteiger partial charge in [0, 0.05) is 12.2 Å². The van der Waals surface area contributed by atoms with Gasteiger partial charge in [0.2, 0.25) is 18.6 Å². The molecule has 0 bridgehead atoms. The smallest absolute Gasteiger partial charge is 0.240 e. The van der Waals surface area contributed by atoms with Gasteiger partial charge in [-0.05, 0) is 42.7 Å². The fourth-order valence-electron chi connectivity index (χ4n) is 2.86. The number of fused-ring (bicyclic) bond motifs is 1. The minimum Gasteiger partial charge on any atom is -0.454 e. The summed E-state index contributed by atoms with van der Waals surface area (Å²) in [5.41, 5.74) is 0.644. The zero-order valence-corrected chi connectivity index (χ0v) is 13.6. The van der Waals surface area contributed by atoms with Crippen LogP contribution in [0.2, 0.25) is 0 Å². The highest BCUT2D eigenvalue weighted by molar-refractivity contribution is 6.13. The average Bonchev–Trinajstić information content (AvgIpc) is 3.32. The normalized spacial score (nSPS) is 16.2. The van der Waals surface area contributed by atoms with E-state index >= 15 is 0 Å². The molecule has 0 saturated heterocycles. The zero-order valence-electron chi connectivity index (χ0n) is 13.6. The van der Waals surface area contributed by atoms with Crippen LogP contribution >= 0.6 is 0 Å². The summed E-state index contributed by atoms with van der Waals surface area (Å²) < 4.78 is 10.6. The molecule has 0 unspecified atom stereocenters. The minimum atomic E-state index is -0.952. The zero-order chi connectivity index (χ0) is 17.3. The number of ether oxygens (including phenoxy) is 2. The maximum absolute atomic E-state index is 12.5. The van der Waals surface area contributed by atoms with Gasteiger partial charge in [-0.3, -0.25) is 9.59 Å². The number of carbonyl (C=O) groups excluding carboxylic acids is 2. The van der Waals surface area contributed by atoms with E-state index in [1.165, 1.54) is 0 Å². The molecule has 1 heterocycles. The van der Waals surface area contributed by atoms with Crippen LogP contribution in [0.4, 0.5) is 5.69 Å². The van der Waals surface area contributed by atoms with Crippen molar-refractivity contribution in [1.82, 2.24) is 5.32 Å². The maximum atomic E-state index is 12.5. The van der Waals surface area contributed by atoms with Gasteiger partial charge in [0.25, 0.3) is 0 Å². The molecule has 6 heteroatoms. The van der Waals surface area contributed by atoms with Crippen molar-refractivity contribution in [3.8, 4) is 11.5 Å². The van der Waals surface area contributed by atoms with E-state index in [2.05, 4.69) is 10.6 Å². The fraction of sp³-hybridized carbons (Fsp3) is 0.263. The molecule has 0 atom stereocenters. The molecule has 2 aromatic rings. The molecule has 1 fully saturated rings. The van der Waals surface area contributed by atoms with Crippen molar-refractivity contribution in [3.63, 3.8) is 0 Å². The molecule has 1 saturated carbocycles. The van der Waals surface area contributed by atoms with E-state index in [1.807, 2.05) is 36.4 Å². The topological polar surface area (TPSA) is 76.7 Å². The van der Waals surface area contributed by atoms with Crippen molar-refractivity contribution in [2.24, 2.45) is 5.41 Å². The van der Waals surface area contributed by atoms with Crippen LogP contribution in [-0.4, -0.2) is 18.6 Å². The van der Waals surface area contributed by atoms with Gasteiger partial charge in [-0.15, -0.1) is 0 Å². The second-order valence-corrected chi connectivity index (χ2v) is 6.27. The summed E-state index contributed by atoms with van der Waals surface area (Å²) >= 11 is 0. The standard InChI is InChI=1S/C19H18N2O4/c22-17(20-11-13-6-7-15-16(10-13)25-12-24-15)19(8-9-19)18(23)21-14-4-2-1-3-5-14/h1-7,10H,8-9,11-12H2,(H,20,22)(H,21,23). The predicted molar refractivity (Wildman–Crippen MR) is 91.2 cm³/mol. The van der Waals surface area contributed by atoms with Crippen LogP contribution in [0, 0.1) is 5.41 Å². The van der Waals surface area contributed by atoms with E-state index in [1.54, 1.807) is 12.1 Å². The van der Waals surface area contributed by atoms with Gasteiger partial charge >= 0.3 is 0 Å². The van der Waals surface area contributed by atoms with E-state index in [9.17, 15) is 9.59 Å². The van der Waals surface area contributed by atoms with E-state index in [0.29, 0.717) is 36.6 Å². The van der Waals surface area contributed by atoms with Gasteiger partial charge in [-0.2, -0.15) is 0 Å². The summed E-state index contributed by atoms with van der Waals surface area (Å²) in [5, 5.41) is 5.68. The molecular formula is C19H18N2O4. The third-order valence-electron chi connectivity index (χ3n) is 4.54. The van der Waals surface area contributed by atoms with Crippen molar-refractivity contribution in [2.45, 2.75) is 19.4 Å². The summed E-state index contributed by atoms with van der Waals surface area (Å²) in [7, 11) is 0. The Morgan fingerprint density at radius 2 is 1.72 bits per heavy atom. The molecule has 0 radical (unpaired) electrons. The highest BCUT2D eigenvalue weighted by atomic mass is 16.7. The second kappa shape index (κ2) is 6.12. The Bertz CT molecular complexity index is 815. The highest BCUT2D eigenvalue weighted by Gasteiger charge is 2.56. The molecule has 0 aromatic heterocycles. The molecule has 2 aliphatic rings. The largest absolute Gasteiger partial charge is 0.454 e. The maximum Gasteiger partial charge on any atom is 0.240 e. The van der Waals surface area contributed by atoms with Gasteiger partial charge < -0.3 is 20.1 Å². The average molecular weight is 338 g/mol. The number of hydrogen-bond donors (Lipinski definition) is 2. The van der Waals surface area contributed by atoms with Crippen LogP contribution in [0.3, 0.4) is 0 Å². The van der Waals surface area contributed by atoms with Gasteiger partial charge in [-0.1, -0.05) is 24.3 Å². The summed E-state index contributed by atoms with van der Waals surface area (Å²) in [4.78, 5) is 25.0. The Kier molecular flexibility index (Phi) is 3.80. The molecule has 2 amide bonds. The number of amides is 2. The lowest BCUT2D eigenvalue weighted by molar-refractivity contribution is -0.134. The summed E-state index contributed by atoms with van der Waals surface area (Å²) in [6, 6.07) is 14.7. The Morgan fingerprint density at radius 3 is 2.48 bits per heavy atom. The summed E-state index contributed by atoms with van der Waals surface area (Å²) in [5.74, 6) is 0.895. The molecule has 0 spiro atoms. The summed E-state index contributed by atoms with van der Waals surface area (Å²) in [6.45, 7) is 0.559. The lowest BCUT2D eigenvalue weighted by Crippen LogP contribution is -2.39. The molecular weight excluding hydrogens is 320 g/mol. The van der Waals surface area contributed by atoms with Crippen molar-refractivity contribution in [1.29, 1.82) is 0 Å². The van der Waals surface area contributed by atoms with E-state index in [0.717, 1.165) is 5.56 Å². The molecule has 128 valence electrons. The first kappa shape index (κ1) is 15.5. The SMILES string of the molecule is O=C(NCc1ccc2c(c1)OCO2)C1(C(=O)Nc2ccccc2)CC1. The number of anilines is 1. The number of hydrogen-bond acceptors (Lipinski definition) is 4. The second-order valence-electron chi connectivity index (χ2n) is 6.27. The fourth-order valence-corrected chi connectivity index (χ4v) is 2.86. The van der Waals surface area contributed by atoms with Crippen LogP contribution in [0.25, 0.3) is 0 Å². The molecule has 25 heavy (non-hydrogen) atoms. The van der Waals surface area contributed by atoms with Crippen molar-refractivity contribution in [2.75, 3.05) is 12.1 Å². The van der Waals surface area contributed by atoms with E-state index < -0.39 is 5.41 Å². The van der Waals surface area contributed by atoms with Gasteiger partial charge in [0.1, 0.15) is 5.41 Å². The third kappa shape index (κ3) is 3.03. The number of para-hydroxylation sites is 1. The van der Waals surface area contributed by atoms with Crippen LogP contribution in [-0.2, 0) is 16.1 Å². The van der Waals surface area contributed by atoms with Crippen molar-refractivity contribution in [3.05, 3.63) is 54.1 Å². The minimum absolute atomic E-state index is 0.216. The summed E-state index contributed by atoms with van der Waals surface area (Å²) in [6.07, 6.45) is 1.14. The van der Waals surface area contributed by atoms with Crippen molar-refractivity contribution >= 4 is 17.5 Å². The Balaban J connectivity index is 1.38. The molecule has 1 aliphatic heterocycles. The number of rotatable bonds is 5. The quantitative estimate of drug-likeness (QED) is 0.821. The van der Waals surface area contributed by atoms with Crippen LogP contribution in [0.15, 0.2) is 48.5 Å². The number of benzene rings is 2. The molecule has 2 N–H and O–H groups in total. The Hall–Kier alpha value is -3.02. The molecule has 2 aromatic carbocycles. The lowest BCUT2D eigenvalue weighted by atomic mass is 10.0. The number of carbonyl (C=O) groups is 2. The molecule has 4 rings (SSSR count). The monoisotopic (exact) mass is 338 g/mol. The first-order chi connectivity index (χ1) is 12.2. The van der Waals surface area contributed by atoms with Crippen molar-refractivity contribution < 1.29 is 19.1 Å². The number of nitrogens with one attached hydrogen (secondary N) is 2. The molecule has 1 aliphatic carbocycles. The van der Waals surface area contributed by atoms with Gasteiger partial charge in [0.05, 0.1) is 0 Å². The van der Waals surface area contributed by atoms with Crippen LogP contribution in [0.1, 0.15) is 18.4 Å². The lowest BCUT2D eigenvalue weighted by Gasteiger charge is -2.15. The third-order valence-corrected chi connectivity index (χ3v) is 4.54. The molecule has 6 nitrogen and oxygen atoms in total. The first-order valence-electron chi connectivity index (χ1n) is 8.21. The Morgan fingerprint density at radius 1 is 0.960 bits per heavy atom. The highest BCUT2D eigenvalue weighted by Crippen LogP contribution is 2.47. The van der Waals surface area contributed by atoms with Gasteiger partial charge in [0.15, 0.2) is 11.5 Å². The first-order valence-corrected chi connectivity index (χ1v) is 8.21. The van der Waals surface area contributed by atoms with Crippen LogP contribution in [0.5, 0.6) is 11.5 Å².